The van der Waals surface area contributed by atoms with Crippen LogP contribution in [-0.4, -0.2) is 19.9 Å². The van der Waals surface area contributed by atoms with Crippen molar-refractivity contribution in [1.29, 1.82) is 0 Å². The monoisotopic (exact) mass is 388 g/mol. The Labute approximate surface area is 169 Å². The van der Waals surface area contributed by atoms with Gasteiger partial charge in [-0.2, -0.15) is 0 Å². The normalized spacial score (nSPS) is 12.5. The van der Waals surface area contributed by atoms with Crippen molar-refractivity contribution in [3.63, 3.8) is 0 Å². The maximum absolute atomic E-state index is 13.0. The highest BCUT2D eigenvalue weighted by Gasteiger charge is 2.17. The van der Waals surface area contributed by atoms with Gasteiger partial charge in [-0.25, -0.2) is 4.79 Å². The molecule has 0 saturated carbocycles. The summed E-state index contributed by atoms with van der Waals surface area (Å²) in [5.41, 5.74) is 2.85. The van der Waals surface area contributed by atoms with E-state index in [9.17, 15) is 4.79 Å². The molecule has 3 aromatic rings. The molecule has 4 rings (SSSR count). The minimum atomic E-state index is -0.417. The van der Waals surface area contributed by atoms with Gasteiger partial charge >= 0.3 is 5.97 Å². The highest BCUT2D eigenvalue weighted by molar-refractivity contribution is 6.21. The minimum absolute atomic E-state index is 0.131. The largest absolute Gasteiger partial charge is 0.496 e. The van der Waals surface area contributed by atoms with E-state index in [2.05, 4.69) is 0 Å². The van der Waals surface area contributed by atoms with Crippen molar-refractivity contribution in [3.05, 3.63) is 89.5 Å². The van der Waals surface area contributed by atoms with Crippen LogP contribution in [0.5, 0.6) is 17.2 Å². The lowest BCUT2D eigenvalue weighted by atomic mass is 10.0. The van der Waals surface area contributed by atoms with Gasteiger partial charge in [-0.15, -0.1) is 0 Å². The van der Waals surface area contributed by atoms with Gasteiger partial charge in [0, 0.05) is 5.56 Å². The van der Waals surface area contributed by atoms with Gasteiger partial charge in [0.1, 0.15) is 12.4 Å². The van der Waals surface area contributed by atoms with E-state index in [-0.39, 0.29) is 13.4 Å². The first-order valence-corrected chi connectivity index (χ1v) is 9.20. The van der Waals surface area contributed by atoms with E-state index in [1.807, 2.05) is 72.8 Å². The van der Waals surface area contributed by atoms with Crippen molar-refractivity contribution in [2.75, 3.05) is 13.9 Å². The van der Waals surface area contributed by atoms with Gasteiger partial charge in [0.25, 0.3) is 0 Å². The average molecular weight is 388 g/mol. The van der Waals surface area contributed by atoms with Gasteiger partial charge in [-0.3, -0.25) is 0 Å². The van der Waals surface area contributed by atoms with E-state index >= 15 is 0 Å². The van der Waals surface area contributed by atoms with Crippen LogP contribution in [0.15, 0.2) is 72.8 Å². The van der Waals surface area contributed by atoms with Crippen LogP contribution in [0.25, 0.3) is 11.6 Å². The summed E-state index contributed by atoms with van der Waals surface area (Å²) in [6.45, 7) is 0.337. The average Bonchev–Trinajstić information content (AvgIpc) is 3.24. The van der Waals surface area contributed by atoms with Gasteiger partial charge in [0.05, 0.1) is 12.7 Å². The van der Waals surface area contributed by atoms with Crippen molar-refractivity contribution in [2.45, 2.75) is 6.61 Å². The van der Waals surface area contributed by atoms with Gasteiger partial charge in [-0.1, -0.05) is 54.6 Å². The van der Waals surface area contributed by atoms with Crippen LogP contribution in [-0.2, 0) is 16.1 Å². The second kappa shape index (κ2) is 8.52. The molecule has 1 aliphatic rings. The lowest BCUT2D eigenvalue weighted by Crippen LogP contribution is -2.07. The van der Waals surface area contributed by atoms with E-state index in [1.54, 1.807) is 13.2 Å². The number of esters is 1. The van der Waals surface area contributed by atoms with Crippen molar-refractivity contribution < 1.29 is 23.7 Å². The summed E-state index contributed by atoms with van der Waals surface area (Å²) < 4.78 is 21.7. The summed E-state index contributed by atoms with van der Waals surface area (Å²) in [6, 6.07) is 22.5. The second-order valence-corrected chi connectivity index (χ2v) is 6.43. The lowest BCUT2D eigenvalue weighted by Gasteiger charge is -2.11. The fraction of sp³-hybridized carbons (Fsp3) is 0.125. The van der Waals surface area contributed by atoms with E-state index in [4.69, 9.17) is 18.9 Å². The number of para-hydroxylation sites is 1. The third-order valence-corrected chi connectivity index (χ3v) is 4.55. The molecule has 0 unspecified atom stereocenters. The number of benzene rings is 3. The molecule has 0 radical (unpaired) electrons. The molecule has 5 nitrogen and oxygen atoms in total. The zero-order valence-electron chi connectivity index (χ0n) is 16.0. The van der Waals surface area contributed by atoms with E-state index < -0.39 is 5.97 Å². The second-order valence-electron chi connectivity index (χ2n) is 6.43. The maximum atomic E-state index is 13.0. The molecule has 0 atom stereocenters. The molecule has 0 bridgehead atoms. The highest BCUT2D eigenvalue weighted by atomic mass is 16.7. The summed E-state index contributed by atoms with van der Waals surface area (Å²) in [5, 5.41) is 0. The number of hydrogen-bond donors (Lipinski definition) is 0. The standard InChI is InChI=1S/C24H20O5/c1-26-21-10-6-5-9-19(21)14-20(18-7-3-2-4-8-18)24(25)27-15-17-11-12-22-23(13-17)29-16-28-22/h2-14H,15-16H2,1H3/b20-14+. The third kappa shape index (κ3) is 4.24. The lowest BCUT2D eigenvalue weighted by molar-refractivity contribution is -0.137. The summed E-state index contributed by atoms with van der Waals surface area (Å²) in [4.78, 5) is 13.0. The van der Waals surface area contributed by atoms with Crippen LogP contribution in [0.3, 0.4) is 0 Å². The van der Waals surface area contributed by atoms with E-state index in [0.717, 1.165) is 16.7 Å². The Kier molecular flexibility index (Phi) is 5.47. The summed E-state index contributed by atoms with van der Waals surface area (Å²) in [5.74, 6) is 1.62. The molecule has 0 saturated heterocycles. The van der Waals surface area contributed by atoms with Crippen LogP contribution in [0, 0.1) is 0 Å². The first-order chi connectivity index (χ1) is 14.2. The minimum Gasteiger partial charge on any atom is -0.496 e. The summed E-state index contributed by atoms with van der Waals surface area (Å²) in [7, 11) is 1.60. The van der Waals surface area contributed by atoms with Crippen molar-refractivity contribution in [2.24, 2.45) is 0 Å². The van der Waals surface area contributed by atoms with E-state index in [0.29, 0.717) is 22.8 Å². The van der Waals surface area contributed by atoms with Gasteiger partial charge in [0.15, 0.2) is 11.5 Å². The summed E-state index contributed by atoms with van der Waals surface area (Å²) >= 11 is 0. The molecule has 3 aromatic carbocycles. The smallest absolute Gasteiger partial charge is 0.339 e. The topological polar surface area (TPSA) is 54.0 Å². The molecule has 146 valence electrons. The number of carbonyl (C=O) groups excluding carboxylic acids is 1. The molecule has 0 aliphatic carbocycles. The SMILES string of the molecule is COc1ccccc1/C=C(/C(=O)OCc1ccc2c(c1)OCO2)c1ccccc1. The molecule has 0 fully saturated rings. The Balaban J connectivity index is 1.59. The molecule has 1 aliphatic heterocycles. The molecule has 5 heteroatoms. The first-order valence-electron chi connectivity index (χ1n) is 9.20. The van der Waals surface area contributed by atoms with Crippen LogP contribution >= 0.6 is 0 Å². The van der Waals surface area contributed by atoms with Crippen LogP contribution in [0.4, 0.5) is 0 Å². The maximum Gasteiger partial charge on any atom is 0.339 e. The number of methoxy groups -OCH3 is 1. The molecule has 0 spiro atoms. The van der Waals surface area contributed by atoms with Crippen LogP contribution in [0.1, 0.15) is 16.7 Å². The molecule has 0 amide bonds. The Morgan fingerprint density at radius 1 is 0.966 bits per heavy atom. The molecule has 29 heavy (non-hydrogen) atoms. The number of hydrogen-bond acceptors (Lipinski definition) is 5. The van der Waals surface area contributed by atoms with Crippen LogP contribution in [0.2, 0.25) is 0 Å². The highest BCUT2D eigenvalue weighted by Crippen LogP contribution is 2.33. The molecule has 0 N–H and O–H groups in total. The molecule has 0 aromatic heterocycles. The number of ether oxygens (including phenoxy) is 4. The zero-order chi connectivity index (χ0) is 20.1. The number of rotatable bonds is 6. The molecular formula is C24H20O5. The van der Waals surface area contributed by atoms with E-state index in [1.165, 1.54) is 0 Å². The Bertz CT molecular complexity index is 1040. The van der Waals surface area contributed by atoms with Crippen molar-refractivity contribution >= 4 is 17.6 Å². The predicted octanol–water partition coefficient (Wildman–Crippen LogP) is 4.71. The fourth-order valence-corrected chi connectivity index (χ4v) is 3.08. The third-order valence-electron chi connectivity index (χ3n) is 4.55. The van der Waals surface area contributed by atoms with Crippen molar-refractivity contribution in [3.8, 4) is 17.2 Å². The Morgan fingerprint density at radius 2 is 1.72 bits per heavy atom. The summed E-state index contributed by atoms with van der Waals surface area (Å²) in [6.07, 6.45) is 1.79. The quantitative estimate of drug-likeness (QED) is 0.348. The van der Waals surface area contributed by atoms with Gasteiger partial charge < -0.3 is 18.9 Å². The fourth-order valence-electron chi connectivity index (χ4n) is 3.08. The number of fused-ring (bicyclic) bond motifs is 1. The Hall–Kier alpha value is -3.73. The number of carbonyl (C=O) groups is 1. The van der Waals surface area contributed by atoms with Gasteiger partial charge in [-0.05, 0) is 35.4 Å². The van der Waals surface area contributed by atoms with Crippen LogP contribution < -0.4 is 14.2 Å². The zero-order valence-corrected chi connectivity index (χ0v) is 16.0. The Morgan fingerprint density at radius 3 is 2.55 bits per heavy atom. The first kappa shape index (κ1) is 18.6. The predicted molar refractivity (Wildman–Crippen MR) is 110 cm³/mol. The molecule has 1 heterocycles. The molecular weight excluding hydrogens is 368 g/mol. The van der Waals surface area contributed by atoms with Gasteiger partial charge in [0.2, 0.25) is 6.79 Å². The van der Waals surface area contributed by atoms with Crippen molar-refractivity contribution in [1.82, 2.24) is 0 Å².